The van der Waals surface area contributed by atoms with Crippen LogP contribution in [0.15, 0.2) is 29.2 Å². The molecule has 1 saturated heterocycles. The van der Waals surface area contributed by atoms with Crippen LogP contribution in [0.4, 0.5) is 5.69 Å². The third kappa shape index (κ3) is 5.17. The molecule has 23 heavy (non-hydrogen) atoms. The fraction of sp³-hybridized carbons (Fsp3) is 0.429. The van der Waals surface area contributed by atoms with Crippen LogP contribution in [-0.4, -0.2) is 41.9 Å². The third-order valence-electron chi connectivity index (χ3n) is 3.44. The van der Waals surface area contributed by atoms with Gasteiger partial charge in [-0.05, 0) is 38.0 Å². The highest BCUT2D eigenvalue weighted by molar-refractivity contribution is 8.23. The predicted octanol–water partition coefficient (Wildman–Crippen LogP) is 1.77. The molecular weight excluding hydrogens is 354 g/mol. The normalized spacial score (nSPS) is 16.2. The molecule has 0 aromatic heterocycles. The second kappa shape index (κ2) is 7.61. The predicted molar refractivity (Wildman–Crippen MR) is 96.9 cm³/mol. The van der Waals surface area contributed by atoms with E-state index in [1.807, 2.05) is 0 Å². The van der Waals surface area contributed by atoms with Crippen LogP contribution >= 0.6 is 24.0 Å². The molecule has 3 N–H and O–H groups in total. The van der Waals surface area contributed by atoms with E-state index in [4.69, 9.17) is 17.4 Å². The van der Waals surface area contributed by atoms with Crippen molar-refractivity contribution in [3.05, 3.63) is 24.3 Å². The van der Waals surface area contributed by atoms with E-state index in [1.165, 1.54) is 30.0 Å². The number of nitrogens with one attached hydrogen (secondary N) is 1. The number of carbonyl (C=O) groups is 1. The molecule has 6 nitrogen and oxygen atoms in total. The van der Waals surface area contributed by atoms with Gasteiger partial charge < -0.3 is 10.2 Å². The first-order valence-corrected chi connectivity index (χ1v) is 10.00. The topological polar surface area (TPSA) is 92.5 Å². The number of hydrogen-bond donors (Lipinski definition) is 2. The van der Waals surface area contributed by atoms with Gasteiger partial charge in [-0.15, -0.1) is 0 Å². The molecule has 1 aromatic rings. The van der Waals surface area contributed by atoms with E-state index in [0.29, 0.717) is 5.69 Å². The summed E-state index contributed by atoms with van der Waals surface area (Å²) in [5.41, 5.74) is 0.390. The van der Waals surface area contributed by atoms with E-state index in [0.717, 1.165) is 30.3 Å². The Morgan fingerprint density at radius 1 is 1.39 bits per heavy atom. The Hall–Kier alpha value is -1.16. The maximum Gasteiger partial charge on any atom is 0.238 e. The van der Waals surface area contributed by atoms with Crippen molar-refractivity contribution in [1.29, 1.82) is 0 Å². The lowest BCUT2D eigenvalue weighted by molar-refractivity contribution is -0.115. The number of rotatable bonds is 4. The Balaban J connectivity index is 1.97. The van der Waals surface area contributed by atoms with Gasteiger partial charge in [0.05, 0.1) is 10.1 Å². The number of benzene rings is 1. The second-order valence-electron chi connectivity index (χ2n) is 5.28. The van der Waals surface area contributed by atoms with Crippen molar-refractivity contribution in [2.75, 3.05) is 18.4 Å². The van der Waals surface area contributed by atoms with Gasteiger partial charge in [0, 0.05) is 18.8 Å². The molecule has 1 aliphatic rings. The van der Waals surface area contributed by atoms with Gasteiger partial charge in [-0.25, -0.2) is 13.6 Å². The van der Waals surface area contributed by atoms with Gasteiger partial charge in [-0.2, -0.15) is 0 Å². The Kier molecular flexibility index (Phi) is 6.01. The molecule has 0 saturated carbocycles. The van der Waals surface area contributed by atoms with Gasteiger partial charge in [0.1, 0.15) is 4.32 Å². The number of amides is 1. The van der Waals surface area contributed by atoms with E-state index in [-0.39, 0.29) is 16.1 Å². The number of thiocarbonyl (C=S) groups is 1. The minimum absolute atomic E-state index is 0.0387. The average Bonchev–Trinajstić information content (AvgIpc) is 3.00. The molecule has 0 unspecified atom stereocenters. The lowest BCUT2D eigenvalue weighted by Gasteiger charge is -2.20. The lowest BCUT2D eigenvalue weighted by atomic mass is 10.3. The van der Waals surface area contributed by atoms with Crippen molar-refractivity contribution in [2.24, 2.45) is 5.14 Å². The molecule has 1 amide bonds. The van der Waals surface area contributed by atoms with Crippen LogP contribution in [0, 0.1) is 0 Å². The molecule has 1 fully saturated rings. The summed E-state index contributed by atoms with van der Waals surface area (Å²) in [6, 6.07) is 5.86. The van der Waals surface area contributed by atoms with E-state index in [2.05, 4.69) is 10.2 Å². The van der Waals surface area contributed by atoms with Crippen molar-refractivity contribution >= 4 is 49.9 Å². The Bertz CT molecular complexity index is 700. The molecule has 0 spiro atoms. The maximum absolute atomic E-state index is 12.2. The van der Waals surface area contributed by atoms with Crippen molar-refractivity contribution < 1.29 is 13.2 Å². The molecule has 1 heterocycles. The average molecular weight is 374 g/mol. The fourth-order valence-electron chi connectivity index (χ4n) is 2.17. The second-order valence-corrected chi connectivity index (χ2v) is 8.82. The Morgan fingerprint density at radius 2 is 2.04 bits per heavy atom. The molecule has 2 rings (SSSR count). The quantitative estimate of drug-likeness (QED) is 0.782. The number of thioether (sulfide) groups is 1. The summed E-state index contributed by atoms with van der Waals surface area (Å²) in [5.74, 6) is -0.233. The number of likely N-dealkylation sites (tertiary alicyclic amines) is 1. The van der Waals surface area contributed by atoms with Crippen LogP contribution in [0.3, 0.4) is 0 Å². The summed E-state index contributed by atoms with van der Waals surface area (Å²) in [4.78, 5) is 14.3. The lowest BCUT2D eigenvalue weighted by Crippen LogP contribution is -2.29. The summed E-state index contributed by atoms with van der Waals surface area (Å²) >= 11 is 6.69. The first-order chi connectivity index (χ1) is 10.8. The van der Waals surface area contributed by atoms with Crippen molar-refractivity contribution in [3.8, 4) is 0 Å². The first kappa shape index (κ1) is 18.2. The largest absolute Gasteiger partial charge is 0.358 e. The fourth-order valence-corrected chi connectivity index (χ4v) is 4.15. The minimum Gasteiger partial charge on any atom is -0.358 e. The highest BCUT2D eigenvalue weighted by atomic mass is 32.2. The van der Waals surface area contributed by atoms with Gasteiger partial charge in [0.25, 0.3) is 0 Å². The zero-order valence-corrected chi connectivity index (χ0v) is 15.1. The molecular formula is C14H19N3O3S3. The van der Waals surface area contributed by atoms with Gasteiger partial charge in [-0.1, -0.05) is 30.0 Å². The Labute approximate surface area is 145 Å². The number of primary sulfonamides is 1. The van der Waals surface area contributed by atoms with Crippen LogP contribution in [-0.2, 0) is 14.8 Å². The SMILES string of the molecule is C[C@H](SC(=S)N1CCCC1)C(=O)Nc1cccc(S(N)(=O)=O)c1. The summed E-state index contributed by atoms with van der Waals surface area (Å²) in [6.45, 7) is 3.65. The molecule has 0 aliphatic carbocycles. The highest BCUT2D eigenvalue weighted by Gasteiger charge is 2.21. The molecule has 1 aromatic carbocycles. The highest BCUT2D eigenvalue weighted by Crippen LogP contribution is 2.22. The third-order valence-corrected chi connectivity index (χ3v) is 5.93. The van der Waals surface area contributed by atoms with Gasteiger partial charge in [0.2, 0.25) is 15.9 Å². The monoisotopic (exact) mass is 373 g/mol. The molecule has 0 bridgehead atoms. The van der Waals surface area contributed by atoms with E-state index in [1.54, 1.807) is 13.0 Å². The minimum atomic E-state index is -3.80. The number of sulfonamides is 1. The summed E-state index contributed by atoms with van der Waals surface area (Å²) in [5, 5.41) is 7.40. The number of carbonyl (C=O) groups excluding carboxylic acids is 1. The maximum atomic E-state index is 12.2. The van der Waals surface area contributed by atoms with E-state index < -0.39 is 10.0 Å². The van der Waals surface area contributed by atoms with Crippen LogP contribution in [0.1, 0.15) is 19.8 Å². The van der Waals surface area contributed by atoms with E-state index in [9.17, 15) is 13.2 Å². The van der Waals surface area contributed by atoms with E-state index >= 15 is 0 Å². The zero-order valence-electron chi connectivity index (χ0n) is 12.7. The van der Waals surface area contributed by atoms with Gasteiger partial charge >= 0.3 is 0 Å². The van der Waals surface area contributed by atoms with Crippen molar-refractivity contribution in [1.82, 2.24) is 4.90 Å². The summed E-state index contributed by atoms with van der Waals surface area (Å²) in [6.07, 6.45) is 2.25. The van der Waals surface area contributed by atoms with Crippen LogP contribution in [0.25, 0.3) is 0 Å². The number of hydrogen-bond acceptors (Lipinski definition) is 5. The smallest absolute Gasteiger partial charge is 0.238 e. The number of nitrogens with zero attached hydrogens (tertiary/aromatic N) is 1. The first-order valence-electron chi connectivity index (χ1n) is 7.16. The van der Waals surface area contributed by atoms with Crippen LogP contribution in [0.2, 0.25) is 0 Å². The standard InChI is InChI=1S/C14H19N3O3S3/c1-10(22-14(21)17-7-2-3-8-17)13(18)16-11-5-4-6-12(9-11)23(15,19)20/h4-6,9-10H,2-3,7-8H2,1H3,(H,16,18)(H2,15,19,20)/t10-/m0/s1. The molecule has 0 radical (unpaired) electrons. The van der Waals surface area contributed by atoms with Gasteiger partial charge in [0.15, 0.2) is 0 Å². The number of nitrogens with two attached hydrogens (primary N) is 1. The molecule has 1 atom stereocenters. The van der Waals surface area contributed by atoms with Crippen molar-refractivity contribution in [2.45, 2.75) is 29.9 Å². The molecule has 1 aliphatic heterocycles. The summed E-state index contributed by atoms with van der Waals surface area (Å²) < 4.78 is 23.4. The van der Waals surface area contributed by atoms with Gasteiger partial charge in [-0.3, -0.25) is 4.79 Å². The Morgan fingerprint density at radius 3 is 2.65 bits per heavy atom. The van der Waals surface area contributed by atoms with Crippen molar-refractivity contribution in [3.63, 3.8) is 0 Å². The molecule has 126 valence electrons. The van der Waals surface area contributed by atoms with Crippen LogP contribution < -0.4 is 10.5 Å². The number of anilines is 1. The zero-order chi connectivity index (χ0) is 17.0. The van der Waals surface area contributed by atoms with Crippen LogP contribution in [0.5, 0.6) is 0 Å². The summed E-state index contributed by atoms with van der Waals surface area (Å²) in [7, 11) is -3.80. The molecule has 9 heteroatoms.